The molecule has 134 valence electrons. The van der Waals surface area contributed by atoms with E-state index in [0.717, 1.165) is 24.2 Å². The predicted octanol–water partition coefficient (Wildman–Crippen LogP) is 1.88. The zero-order chi connectivity index (χ0) is 17.4. The van der Waals surface area contributed by atoms with Crippen molar-refractivity contribution in [2.75, 3.05) is 19.7 Å². The molecule has 0 saturated carbocycles. The van der Waals surface area contributed by atoms with Gasteiger partial charge in [-0.15, -0.1) is 0 Å². The van der Waals surface area contributed by atoms with E-state index in [0.29, 0.717) is 26.3 Å². The van der Waals surface area contributed by atoms with Crippen LogP contribution in [0.1, 0.15) is 38.1 Å². The van der Waals surface area contributed by atoms with Gasteiger partial charge >= 0.3 is 0 Å². The smallest absolute Gasteiger partial charge is 0.216 e. The third kappa shape index (κ3) is 3.64. The highest BCUT2D eigenvalue weighted by molar-refractivity contribution is 7.89. The monoisotopic (exact) mass is 354 g/mol. The standard InChI is InChI=1S/C17H26N2O4S/c1-13(2)24(20,21)19-11-17(12-19)9-16(7-8-23-17)22-10-15-6-4-5-14(3)18-15/h4-6,13,16H,7-12H2,1-3H3. The summed E-state index contributed by atoms with van der Waals surface area (Å²) in [5, 5.41) is -0.391. The number of hydrogen-bond acceptors (Lipinski definition) is 5. The summed E-state index contributed by atoms with van der Waals surface area (Å²) in [6, 6.07) is 5.90. The Morgan fingerprint density at radius 2 is 2.17 bits per heavy atom. The Morgan fingerprint density at radius 3 is 2.83 bits per heavy atom. The van der Waals surface area contributed by atoms with Crippen LogP contribution in [0.15, 0.2) is 18.2 Å². The van der Waals surface area contributed by atoms with Gasteiger partial charge in [0.05, 0.1) is 29.3 Å². The lowest BCUT2D eigenvalue weighted by atomic mass is 9.86. The van der Waals surface area contributed by atoms with Crippen LogP contribution in [0.5, 0.6) is 0 Å². The quantitative estimate of drug-likeness (QED) is 0.807. The minimum Gasteiger partial charge on any atom is -0.372 e. The molecule has 7 heteroatoms. The zero-order valence-electron chi connectivity index (χ0n) is 14.6. The molecule has 0 bridgehead atoms. The molecule has 0 aliphatic carbocycles. The molecule has 1 spiro atoms. The molecule has 3 heterocycles. The molecule has 24 heavy (non-hydrogen) atoms. The third-order valence-electron chi connectivity index (χ3n) is 4.75. The van der Waals surface area contributed by atoms with Gasteiger partial charge in [0.2, 0.25) is 10.0 Å². The van der Waals surface area contributed by atoms with E-state index in [2.05, 4.69) is 4.98 Å². The summed E-state index contributed by atoms with van der Waals surface area (Å²) in [4.78, 5) is 4.45. The highest BCUT2D eigenvalue weighted by Crippen LogP contribution is 2.37. The number of ether oxygens (including phenoxy) is 2. The minimum absolute atomic E-state index is 0.0879. The normalized spacial score (nSPS) is 24.2. The first-order valence-electron chi connectivity index (χ1n) is 8.48. The molecular weight excluding hydrogens is 328 g/mol. The van der Waals surface area contributed by atoms with Crippen molar-refractivity contribution < 1.29 is 17.9 Å². The molecular formula is C17H26N2O4S. The number of sulfonamides is 1. The lowest BCUT2D eigenvalue weighted by Crippen LogP contribution is -2.67. The number of aryl methyl sites for hydroxylation is 1. The van der Waals surface area contributed by atoms with E-state index in [1.54, 1.807) is 13.8 Å². The van der Waals surface area contributed by atoms with Crippen LogP contribution in [0.25, 0.3) is 0 Å². The van der Waals surface area contributed by atoms with Gasteiger partial charge in [-0.3, -0.25) is 4.98 Å². The molecule has 0 radical (unpaired) electrons. The van der Waals surface area contributed by atoms with Crippen LogP contribution in [0.3, 0.4) is 0 Å². The van der Waals surface area contributed by atoms with Gasteiger partial charge in [0.15, 0.2) is 0 Å². The number of aromatic nitrogens is 1. The molecule has 1 aromatic rings. The molecule has 1 unspecified atom stereocenters. The lowest BCUT2D eigenvalue weighted by Gasteiger charge is -2.52. The topological polar surface area (TPSA) is 68.7 Å². The number of rotatable bonds is 5. The van der Waals surface area contributed by atoms with Crippen molar-refractivity contribution in [3.05, 3.63) is 29.6 Å². The van der Waals surface area contributed by atoms with E-state index in [-0.39, 0.29) is 11.7 Å². The minimum atomic E-state index is -3.19. The number of nitrogens with zero attached hydrogens (tertiary/aromatic N) is 2. The fourth-order valence-corrected chi connectivity index (χ4v) is 4.73. The molecule has 6 nitrogen and oxygen atoms in total. The van der Waals surface area contributed by atoms with Crippen LogP contribution in [0, 0.1) is 6.92 Å². The van der Waals surface area contributed by atoms with Crippen LogP contribution in [0.2, 0.25) is 0 Å². The van der Waals surface area contributed by atoms with Gasteiger partial charge in [0, 0.05) is 31.8 Å². The second kappa shape index (κ2) is 6.71. The number of pyridine rings is 1. The Balaban J connectivity index is 1.54. The molecule has 0 N–H and O–H groups in total. The summed E-state index contributed by atoms with van der Waals surface area (Å²) in [6.45, 7) is 7.36. The highest BCUT2D eigenvalue weighted by atomic mass is 32.2. The average molecular weight is 354 g/mol. The second-order valence-corrected chi connectivity index (χ2v) is 9.58. The van der Waals surface area contributed by atoms with Gasteiger partial charge in [0.1, 0.15) is 0 Å². The first-order chi connectivity index (χ1) is 11.3. The Labute approximate surface area is 144 Å². The molecule has 0 amide bonds. The summed E-state index contributed by atoms with van der Waals surface area (Å²) in [5.41, 5.74) is 1.53. The van der Waals surface area contributed by atoms with E-state index < -0.39 is 15.3 Å². The fraction of sp³-hybridized carbons (Fsp3) is 0.706. The molecule has 3 rings (SSSR count). The summed E-state index contributed by atoms with van der Waals surface area (Å²) in [5.74, 6) is 0. The maximum Gasteiger partial charge on any atom is 0.216 e. The summed E-state index contributed by atoms with van der Waals surface area (Å²) < 4.78 is 37.8. The van der Waals surface area contributed by atoms with Gasteiger partial charge in [-0.25, -0.2) is 8.42 Å². The van der Waals surface area contributed by atoms with Gasteiger partial charge < -0.3 is 9.47 Å². The van der Waals surface area contributed by atoms with E-state index >= 15 is 0 Å². The van der Waals surface area contributed by atoms with Gasteiger partial charge in [0.25, 0.3) is 0 Å². The van der Waals surface area contributed by atoms with E-state index in [1.165, 1.54) is 4.31 Å². The SMILES string of the molecule is Cc1cccc(COC2CCOC3(C2)CN(S(=O)(=O)C(C)C)C3)n1. The van der Waals surface area contributed by atoms with Crippen molar-refractivity contribution in [1.29, 1.82) is 0 Å². The molecule has 2 saturated heterocycles. The van der Waals surface area contributed by atoms with Gasteiger partial charge in [-0.1, -0.05) is 6.07 Å². The molecule has 2 aliphatic rings. The number of hydrogen-bond donors (Lipinski definition) is 0. The van der Waals surface area contributed by atoms with Crippen molar-refractivity contribution in [3.8, 4) is 0 Å². The second-order valence-electron chi connectivity index (χ2n) is 7.09. The van der Waals surface area contributed by atoms with Crippen molar-refractivity contribution in [2.45, 2.75) is 57.2 Å². The first-order valence-corrected chi connectivity index (χ1v) is 9.98. The fourth-order valence-electron chi connectivity index (χ4n) is 3.30. The van der Waals surface area contributed by atoms with Crippen molar-refractivity contribution in [3.63, 3.8) is 0 Å². The van der Waals surface area contributed by atoms with Crippen LogP contribution in [0.4, 0.5) is 0 Å². The maximum absolute atomic E-state index is 12.2. The van der Waals surface area contributed by atoms with E-state index in [4.69, 9.17) is 9.47 Å². The average Bonchev–Trinajstić information content (AvgIpc) is 2.50. The van der Waals surface area contributed by atoms with Crippen LogP contribution < -0.4 is 0 Å². The maximum atomic E-state index is 12.2. The highest BCUT2D eigenvalue weighted by Gasteiger charge is 2.52. The molecule has 2 fully saturated rings. The van der Waals surface area contributed by atoms with Crippen molar-refractivity contribution in [1.82, 2.24) is 9.29 Å². The van der Waals surface area contributed by atoms with Crippen LogP contribution in [-0.2, 0) is 26.1 Å². The van der Waals surface area contributed by atoms with Gasteiger partial charge in [-0.2, -0.15) is 4.31 Å². The summed E-state index contributed by atoms with van der Waals surface area (Å²) in [7, 11) is -3.19. The van der Waals surface area contributed by atoms with Crippen molar-refractivity contribution >= 4 is 10.0 Å². The van der Waals surface area contributed by atoms with Crippen LogP contribution in [-0.4, -0.2) is 54.4 Å². The van der Waals surface area contributed by atoms with E-state index in [1.807, 2.05) is 25.1 Å². The van der Waals surface area contributed by atoms with Crippen molar-refractivity contribution in [2.24, 2.45) is 0 Å². The molecule has 1 aromatic heterocycles. The van der Waals surface area contributed by atoms with Crippen LogP contribution >= 0.6 is 0 Å². The summed E-state index contributed by atoms with van der Waals surface area (Å²) >= 11 is 0. The molecule has 2 aliphatic heterocycles. The molecule has 1 atom stereocenters. The molecule has 0 aromatic carbocycles. The lowest BCUT2D eigenvalue weighted by molar-refractivity contribution is -0.180. The Hall–Kier alpha value is -1.02. The van der Waals surface area contributed by atoms with E-state index in [9.17, 15) is 8.42 Å². The van der Waals surface area contributed by atoms with Gasteiger partial charge in [-0.05, 0) is 39.3 Å². The Kier molecular flexibility index (Phi) is 4.97. The third-order valence-corrected chi connectivity index (χ3v) is 6.91. The Morgan fingerprint density at radius 1 is 1.42 bits per heavy atom. The first kappa shape index (κ1) is 17.8. The predicted molar refractivity (Wildman–Crippen MR) is 91.1 cm³/mol. The zero-order valence-corrected chi connectivity index (χ0v) is 15.4. The summed E-state index contributed by atoms with van der Waals surface area (Å²) in [6.07, 6.45) is 1.66. The largest absolute Gasteiger partial charge is 0.372 e. The Bertz CT molecular complexity index is 684.